The van der Waals surface area contributed by atoms with Crippen LogP contribution >= 0.6 is 0 Å². The molecular formula is C21H27F2N5O2. The molecule has 1 fully saturated rings. The highest BCUT2D eigenvalue weighted by Gasteiger charge is 2.23. The zero-order valence-electron chi connectivity index (χ0n) is 16.9. The first-order valence-corrected chi connectivity index (χ1v) is 10.3. The molecular weight excluding hydrogens is 392 g/mol. The largest absolute Gasteiger partial charge is 0.352 e. The average molecular weight is 419 g/mol. The molecule has 0 radical (unpaired) electrons. The molecule has 9 heteroatoms. The third kappa shape index (κ3) is 6.60. The fourth-order valence-corrected chi connectivity index (χ4v) is 3.70. The summed E-state index contributed by atoms with van der Waals surface area (Å²) in [5.41, 5.74) is 0.516. The maximum atomic E-state index is 13.2. The van der Waals surface area contributed by atoms with Crippen LogP contribution in [0.4, 0.5) is 8.78 Å². The Bertz CT molecular complexity index is 844. The van der Waals surface area contributed by atoms with Gasteiger partial charge in [-0.05, 0) is 49.3 Å². The van der Waals surface area contributed by atoms with Gasteiger partial charge in [-0.2, -0.15) is 5.10 Å². The SMILES string of the molecule is O=C(CCC1CCCN(C(=O)CCCn2cncn2)C1)NCc1ccc(F)c(F)c1. The van der Waals surface area contributed by atoms with E-state index in [2.05, 4.69) is 15.4 Å². The maximum Gasteiger partial charge on any atom is 0.222 e. The van der Waals surface area contributed by atoms with E-state index in [1.807, 2.05) is 4.90 Å². The second-order valence-corrected chi connectivity index (χ2v) is 7.67. The molecule has 0 spiro atoms. The van der Waals surface area contributed by atoms with Crippen molar-refractivity contribution in [3.8, 4) is 0 Å². The van der Waals surface area contributed by atoms with E-state index in [-0.39, 0.29) is 18.4 Å². The molecule has 3 rings (SSSR count). The molecule has 2 heterocycles. The fourth-order valence-electron chi connectivity index (χ4n) is 3.70. The summed E-state index contributed by atoms with van der Waals surface area (Å²) in [5, 5.41) is 6.77. The lowest BCUT2D eigenvalue weighted by atomic mass is 9.93. The normalized spacial score (nSPS) is 16.5. The van der Waals surface area contributed by atoms with Gasteiger partial charge in [0, 0.05) is 39.0 Å². The van der Waals surface area contributed by atoms with Crippen LogP contribution in [0, 0.1) is 17.6 Å². The van der Waals surface area contributed by atoms with Crippen molar-refractivity contribution < 1.29 is 18.4 Å². The number of aromatic nitrogens is 3. The number of hydrogen-bond acceptors (Lipinski definition) is 4. The Labute approximate surface area is 174 Å². The van der Waals surface area contributed by atoms with Gasteiger partial charge in [-0.3, -0.25) is 14.3 Å². The number of halogens is 2. The molecule has 0 saturated carbocycles. The lowest BCUT2D eigenvalue weighted by Crippen LogP contribution is -2.40. The van der Waals surface area contributed by atoms with E-state index in [1.165, 1.54) is 12.4 Å². The maximum absolute atomic E-state index is 13.2. The molecule has 1 aliphatic rings. The molecule has 1 aliphatic heterocycles. The van der Waals surface area contributed by atoms with Gasteiger partial charge in [0.05, 0.1) is 0 Å². The monoisotopic (exact) mass is 419 g/mol. The van der Waals surface area contributed by atoms with Gasteiger partial charge < -0.3 is 10.2 Å². The molecule has 1 aromatic heterocycles. The van der Waals surface area contributed by atoms with Crippen molar-refractivity contribution in [2.75, 3.05) is 13.1 Å². The van der Waals surface area contributed by atoms with Gasteiger partial charge in [-0.15, -0.1) is 0 Å². The molecule has 1 atom stereocenters. The predicted octanol–water partition coefficient (Wildman–Crippen LogP) is 2.67. The molecule has 1 aromatic carbocycles. The summed E-state index contributed by atoms with van der Waals surface area (Å²) in [6.45, 7) is 2.28. The highest BCUT2D eigenvalue weighted by atomic mass is 19.2. The summed E-state index contributed by atoms with van der Waals surface area (Å²) in [5.74, 6) is -1.51. The lowest BCUT2D eigenvalue weighted by molar-refractivity contribution is -0.133. The van der Waals surface area contributed by atoms with Crippen molar-refractivity contribution in [3.63, 3.8) is 0 Å². The van der Waals surface area contributed by atoms with Gasteiger partial charge >= 0.3 is 0 Å². The Kier molecular flexibility index (Phi) is 7.87. The van der Waals surface area contributed by atoms with Gasteiger partial charge in [-0.25, -0.2) is 13.8 Å². The van der Waals surface area contributed by atoms with Crippen LogP contribution in [0.2, 0.25) is 0 Å². The Morgan fingerprint density at radius 3 is 2.83 bits per heavy atom. The molecule has 0 bridgehead atoms. The van der Waals surface area contributed by atoms with Gasteiger partial charge in [-0.1, -0.05) is 6.07 Å². The van der Waals surface area contributed by atoms with Crippen LogP contribution in [0.3, 0.4) is 0 Å². The summed E-state index contributed by atoms with van der Waals surface area (Å²) in [6, 6.07) is 3.59. The Morgan fingerprint density at radius 1 is 1.20 bits per heavy atom. The summed E-state index contributed by atoms with van der Waals surface area (Å²) in [7, 11) is 0. The van der Waals surface area contributed by atoms with Gasteiger partial charge in [0.2, 0.25) is 11.8 Å². The number of likely N-dealkylation sites (tertiary alicyclic amines) is 1. The molecule has 1 unspecified atom stereocenters. The number of aryl methyl sites for hydroxylation is 1. The number of piperidine rings is 1. The number of carbonyl (C=O) groups is 2. The van der Waals surface area contributed by atoms with Gasteiger partial charge in [0.1, 0.15) is 12.7 Å². The Morgan fingerprint density at radius 2 is 2.07 bits per heavy atom. The zero-order chi connectivity index (χ0) is 21.3. The minimum absolute atomic E-state index is 0.129. The molecule has 0 aliphatic carbocycles. The van der Waals surface area contributed by atoms with E-state index < -0.39 is 11.6 Å². The van der Waals surface area contributed by atoms with Crippen molar-refractivity contribution >= 4 is 11.8 Å². The highest BCUT2D eigenvalue weighted by Crippen LogP contribution is 2.22. The second kappa shape index (κ2) is 10.8. The zero-order valence-corrected chi connectivity index (χ0v) is 16.9. The van der Waals surface area contributed by atoms with Crippen molar-refractivity contribution in [2.24, 2.45) is 5.92 Å². The first-order chi connectivity index (χ1) is 14.5. The summed E-state index contributed by atoms with van der Waals surface area (Å²) >= 11 is 0. The number of nitrogens with one attached hydrogen (secondary N) is 1. The van der Waals surface area contributed by atoms with Crippen molar-refractivity contribution in [1.29, 1.82) is 0 Å². The molecule has 2 aromatic rings. The second-order valence-electron chi connectivity index (χ2n) is 7.67. The standard InChI is InChI=1S/C21H27F2N5O2/c22-18-7-5-17(11-19(18)23)12-25-20(29)8-6-16-3-1-9-27(13-16)21(30)4-2-10-28-15-24-14-26-28/h5,7,11,14-16H,1-4,6,8-10,12-13H2,(H,25,29). The Hall–Kier alpha value is -2.84. The number of benzene rings is 1. The molecule has 7 nitrogen and oxygen atoms in total. The van der Waals surface area contributed by atoms with Crippen LogP contribution in [-0.4, -0.2) is 44.6 Å². The molecule has 1 saturated heterocycles. The third-order valence-electron chi connectivity index (χ3n) is 5.37. The molecule has 162 valence electrons. The topological polar surface area (TPSA) is 80.1 Å². The summed E-state index contributed by atoms with van der Waals surface area (Å²) in [6.07, 6.45) is 7.30. The third-order valence-corrected chi connectivity index (χ3v) is 5.37. The quantitative estimate of drug-likeness (QED) is 0.678. The van der Waals surface area contributed by atoms with Crippen LogP contribution in [0.25, 0.3) is 0 Å². The fraction of sp³-hybridized carbons (Fsp3) is 0.524. The summed E-state index contributed by atoms with van der Waals surface area (Å²) < 4.78 is 27.9. The van der Waals surface area contributed by atoms with Crippen molar-refractivity contribution in [3.05, 3.63) is 48.1 Å². The van der Waals surface area contributed by atoms with Crippen molar-refractivity contribution in [2.45, 2.75) is 51.6 Å². The van der Waals surface area contributed by atoms with Crippen LogP contribution in [0.5, 0.6) is 0 Å². The van der Waals surface area contributed by atoms with E-state index in [9.17, 15) is 18.4 Å². The predicted molar refractivity (Wildman–Crippen MR) is 106 cm³/mol. The molecule has 30 heavy (non-hydrogen) atoms. The minimum atomic E-state index is -0.921. The van der Waals surface area contributed by atoms with Crippen LogP contribution < -0.4 is 5.32 Å². The highest BCUT2D eigenvalue weighted by molar-refractivity contribution is 5.76. The lowest BCUT2D eigenvalue weighted by Gasteiger charge is -2.33. The van der Waals surface area contributed by atoms with E-state index in [1.54, 1.807) is 11.0 Å². The average Bonchev–Trinajstić information content (AvgIpc) is 3.27. The van der Waals surface area contributed by atoms with Crippen LogP contribution in [0.1, 0.15) is 44.1 Å². The molecule has 2 amide bonds. The van der Waals surface area contributed by atoms with Gasteiger partial charge in [0.15, 0.2) is 11.6 Å². The summed E-state index contributed by atoms with van der Waals surface area (Å²) in [4.78, 5) is 30.4. The van der Waals surface area contributed by atoms with E-state index in [4.69, 9.17) is 0 Å². The smallest absolute Gasteiger partial charge is 0.222 e. The van der Waals surface area contributed by atoms with E-state index in [0.717, 1.165) is 37.9 Å². The molecule has 1 N–H and O–H groups in total. The van der Waals surface area contributed by atoms with E-state index >= 15 is 0 Å². The number of rotatable bonds is 9. The number of hydrogen-bond donors (Lipinski definition) is 1. The van der Waals surface area contributed by atoms with Crippen LogP contribution in [0.15, 0.2) is 30.9 Å². The Balaban J connectivity index is 1.35. The number of carbonyl (C=O) groups excluding carboxylic acids is 2. The van der Waals surface area contributed by atoms with E-state index in [0.29, 0.717) is 43.8 Å². The minimum Gasteiger partial charge on any atom is -0.352 e. The first-order valence-electron chi connectivity index (χ1n) is 10.3. The van der Waals surface area contributed by atoms with Crippen molar-refractivity contribution in [1.82, 2.24) is 25.0 Å². The van der Waals surface area contributed by atoms with Crippen LogP contribution in [-0.2, 0) is 22.7 Å². The number of amides is 2. The number of nitrogens with zero attached hydrogens (tertiary/aromatic N) is 4. The first kappa shape index (κ1) is 21.9. The van der Waals surface area contributed by atoms with Gasteiger partial charge in [0.25, 0.3) is 0 Å².